The molecule has 0 fully saturated rings. The molecule has 0 aromatic heterocycles. The molecule has 0 saturated heterocycles. The second kappa shape index (κ2) is 11.6. The van der Waals surface area contributed by atoms with Crippen molar-refractivity contribution in [2.45, 2.75) is 27.7 Å². The molecule has 19 heavy (non-hydrogen) atoms. The molecule has 0 bridgehead atoms. The summed E-state index contributed by atoms with van der Waals surface area (Å²) in [7, 11) is 1.46. The first-order valence-electron chi connectivity index (χ1n) is 6.12. The zero-order valence-electron chi connectivity index (χ0n) is 12.7. The standard InChI is InChI=1S/C8H11BO4.C4H8.C2H6/c1-12-6-3-4-7(9(10)11)8(5-6)13-2;1-4(2)3;1-2/h3-5,10-11H,1-2H3;1H2,2-3H3;1-2H3. The average molecular weight is 268 g/mol. The maximum absolute atomic E-state index is 8.93. The van der Waals surface area contributed by atoms with Crippen LogP contribution >= 0.6 is 0 Å². The minimum absolute atomic E-state index is 0.323. The molecule has 0 amide bonds. The Morgan fingerprint density at radius 2 is 1.58 bits per heavy atom. The van der Waals surface area contributed by atoms with Crippen molar-refractivity contribution in [3.05, 3.63) is 30.4 Å². The third kappa shape index (κ3) is 9.16. The second-order valence-electron chi connectivity index (χ2n) is 3.69. The first-order chi connectivity index (χ1) is 8.92. The van der Waals surface area contributed by atoms with Crippen molar-refractivity contribution in [1.29, 1.82) is 0 Å². The van der Waals surface area contributed by atoms with Gasteiger partial charge in [0, 0.05) is 11.5 Å². The van der Waals surface area contributed by atoms with Gasteiger partial charge in [-0.25, -0.2) is 0 Å². The van der Waals surface area contributed by atoms with Crippen LogP contribution in [0.3, 0.4) is 0 Å². The largest absolute Gasteiger partial charge is 0.497 e. The molecule has 0 saturated carbocycles. The smallest absolute Gasteiger partial charge is 0.492 e. The molecule has 0 aliphatic rings. The lowest BCUT2D eigenvalue weighted by atomic mass is 9.79. The number of ether oxygens (including phenoxy) is 2. The van der Waals surface area contributed by atoms with Crippen molar-refractivity contribution in [2.75, 3.05) is 14.2 Å². The highest BCUT2D eigenvalue weighted by atomic mass is 16.5. The van der Waals surface area contributed by atoms with Gasteiger partial charge in [0.2, 0.25) is 0 Å². The predicted octanol–water partition coefficient (Wildman–Crippen LogP) is 1.99. The van der Waals surface area contributed by atoms with E-state index in [0.29, 0.717) is 17.0 Å². The molecule has 0 radical (unpaired) electrons. The molecule has 0 aliphatic heterocycles. The van der Waals surface area contributed by atoms with Gasteiger partial charge in [-0.15, -0.1) is 6.58 Å². The van der Waals surface area contributed by atoms with Crippen molar-refractivity contribution in [1.82, 2.24) is 0 Å². The SMILES string of the molecule is C=C(C)C.CC.COc1ccc(B(O)O)c(OC)c1. The van der Waals surface area contributed by atoms with Crippen LogP contribution in [0.2, 0.25) is 0 Å². The first-order valence-corrected chi connectivity index (χ1v) is 6.12. The van der Waals surface area contributed by atoms with Crippen LogP contribution in [0.5, 0.6) is 11.5 Å². The molecule has 0 spiro atoms. The summed E-state index contributed by atoms with van der Waals surface area (Å²) in [6.45, 7) is 11.5. The highest BCUT2D eigenvalue weighted by Gasteiger charge is 2.16. The van der Waals surface area contributed by atoms with E-state index >= 15 is 0 Å². The van der Waals surface area contributed by atoms with Crippen LogP contribution in [0.1, 0.15) is 27.7 Å². The third-order valence-electron chi connectivity index (χ3n) is 1.72. The fourth-order valence-electron chi connectivity index (χ4n) is 1.03. The predicted molar refractivity (Wildman–Crippen MR) is 81.2 cm³/mol. The lowest BCUT2D eigenvalue weighted by Gasteiger charge is -2.08. The van der Waals surface area contributed by atoms with Gasteiger partial charge in [0.05, 0.1) is 14.2 Å². The Bertz CT molecular complexity index is 360. The summed E-state index contributed by atoms with van der Waals surface area (Å²) in [5.41, 5.74) is 1.49. The molecule has 2 N–H and O–H groups in total. The molecule has 0 atom stereocenters. The van der Waals surface area contributed by atoms with Gasteiger partial charge in [0.15, 0.2) is 0 Å². The lowest BCUT2D eigenvalue weighted by Crippen LogP contribution is -2.31. The van der Waals surface area contributed by atoms with Gasteiger partial charge in [0.25, 0.3) is 0 Å². The summed E-state index contributed by atoms with van der Waals surface area (Å²) in [5.74, 6) is 1.01. The molecule has 1 aromatic rings. The van der Waals surface area contributed by atoms with Crippen LogP contribution < -0.4 is 14.9 Å². The maximum Gasteiger partial charge on any atom is 0.492 e. The molecule has 0 aliphatic carbocycles. The van der Waals surface area contributed by atoms with Crippen LogP contribution in [0, 0.1) is 0 Å². The molecule has 4 nitrogen and oxygen atoms in total. The first kappa shape index (κ1) is 19.9. The van der Waals surface area contributed by atoms with E-state index < -0.39 is 7.12 Å². The molecule has 108 valence electrons. The van der Waals surface area contributed by atoms with Gasteiger partial charge in [-0.05, 0) is 19.9 Å². The minimum Gasteiger partial charge on any atom is -0.497 e. The van der Waals surface area contributed by atoms with E-state index in [0.717, 1.165) is 0 Å². The molecule has 5 heteroatoms. The Balaban J connectivity index is 0. The minimum atomic E-state index is -1.53. The van der Waals surface area contributed by atoms with Crippen LogP contribution in [0.15, 0.2) is 30.4 Å². The molecule has 1 rings (SSSR count). The summed E-state index contributed by atoms with van der Waals surface area (Å²) >= 11 is 0. The molecular formula is C14H25BO4. The van der Waals surface area contributed by atoms with E-state index in [-0.39, 0.29) is 0 Å². The van der Waals surface area contributed by atoms with Gasteiger partial charge in [-0.2, -0.15) is 0 Å². The van der Waals surface area contributed by atoms with Crippen molar-refractivity contribution in [2.24, 2.45) is 0 Å². The number of hydrogen-bond acceptors (Lipinski definition) is 4. The van der Waals surface area contributed by atoms with Crippen LogP contribution in [-0.4, -0.2) is 31.4 Å². The fraction of sp³-hybridized carbons (Fsp3) is 0.429. The van der Waals surface area contributed by atoms with E-state index in [1.54, 1.807) is 18.2 Å². The van der Waals surface area contributed by atoms with E-state index in [4.69, 9.17) is 19.5 Å². The number of hydrogen-bond donors (Lipinski definition) is 2. The van der Waals surface area contributed by atoms with Gasteiger partial charge < -0.3 is 19.5 Å². The topological polar surface area (TPSA) is 58.9 Å². The van der Waals surface area contributed by atoms with Gasteiger partial charge >= 0.3 is 7.12 Å². The van der Waals surface area contributed by atoms with Crippen molar-refractivity contribution in [3.63, 3.8) is 0 Å². The Hall–Kier alpha value is -1.46. The fourth-order valence-corrected chi connectivity index (χ4v) is 1.03. The molecule has 1 aromatic carbocycles. The summed E-state index contributed by atoms with van der Waals surface area (Å²) in [6.07, 6.45) is 0. The number of allylic oxidation sites excluding steroid dienone is 1. The molecule has 0 unspecified atom stereocenters. The number of benzene rings is 1. The van der Waals surface area contributed by atoms with Gasteiger partial charge in [-0.1, -0.05) is 25.5 Å². The van der Waals surface area contributed by atoms with Crippen LogP contribution in [0.25, 0.3) is 0 Å². The normalized spacial score (nSPS) is 8.21. The zero-order chi connectivity index (χ0) is 15.4. The Morgan fingerprint density at radius 3 is 1.89 bits per heavy atom. The highest BCUT2D eigenvalue weighted by molar-refractivity contribution is 6.59. The van der Waals surface area contributed by atoms with Crippen LogP contribution in [-0.2, 0) is 0 Å². The van der Waals surface area contributed by atoms with Gasteiger partial charge in [0.1, 0.15) is 11.5 Å². The quantitative estimate of drug-likeness (QED) is 0.650. The summed E-state index contributed by atoms with van der Waals surface area (Å²) in [4.78, 5) is 0. The Labute approximate surface area is 116 Å². The van der Waals surface area contributed by atoms with Gasteiger partial charge in [-0.3, -0.25) is 0 Å². The number of methoxy groups -OCH3 is 2. The summed E-state index contributed by atoms with van der Waals surface area (Å²) in [5, 5.41) is 17.9. The lowest BCUT2D eigenvalue weighted by molar-refractivity contribution is 0.390. The Morgan fingerprint density at radius 1 is 1.11 bits per heavy atom. The molecule has 0 heterocycles. The van der Waals surface area contributed by atoms with E-state index in [2.05, 4.69) is 6.58 Å². The van der Waals surface area contributed by atoms with Crippen molar-refractivity contribution >= 4 is 12.6 Å². The monoisotopic (exact) mass is 268 g/mol. The third-order valence-corrected chi connectivity index (χ3v) is 1.72. The average Bonchev–Trinajstić information content (AvgIpc) is 2.39. The van der Waals surface area contributed by atoms with E-state index in [9.17, 15) is 0 Å². The number of rotatable bonds is 3. The highest BCUT2D eigenvalue weighted by Crippen LogP contribution is 2.16. The zero-order valence-corrected chi connectivity index (χ0v) is 12.7. The maximum atomic E-state index is 8.93. The van der Waals surface area contributed by atoms with Crippen LogP contribution in [0.4, 0.5) is 0 Å². The molecular weight excluding hydrogens is 243 g/mol. The summed E-state index contributed by atoms with van der Waals surface area (Å²) in [6, 6.07) is 4.77. The van der Waals surface area contributed by atoms with E-state index in [1.807, 2.05) is 27.7 Å². The van der Waals surface area contributed by atoms with E-state index in [1.165, 1.54) is 19.8 Å². The van der Waals surface area contributed by atoms with Crippen molar-refractivity contribution < 1.29 is 19.5 Å². The second-order valence-corrected chi connectivity index (χ2v) is 3.69. The summed E-state index contributed by atoms with van der Waals surface area (Å²) < 4.78 is 9.90. The Kier molecular flexibility index (Phi) is 12.2. The van der Waals surface area contributed by atoms with Crippen molar-refractivity contribution in [3.8, 4) is 11.5 Å².